The molecule has 1 aliphatic rings. The van der Waals surface area contributed by atoms with Gasteiger partial charge in [-0.1, -0.05) is 66.9 Å². The highest BCUT2D eigenvalue weighted by Crippen LogP contribution is 2.34. The van der Waals surface area contributed by atoms with Gasteiger partial charge < -0.3 is 0 Å². The van der Waals surface area contributed by atoms with Crippen molar-refractivity contribution in [1.29, 1.82) is 5.26 Å². The third-order valence-electron chi connectivity index (χ3n) is 5.07. The smallest absolute Gasteiger partial charge is 0.186 e. The maximum atomic E-state index is 9.43. The molecule has 0 saturated heterocycles. The molecule has 3 aromatic rings. The second-order valence-corrected chi connectivity index (χ2v) is 6.57. The van der Waals surface area contributed by atoms with E-state index in [-0.39, 0.29) is 0 Å². The number of benzene rings is 2. The highest BCUT2D eigenvalue weighted by molar-refractivity contribution is 5.85. The summed E-state index contributed by atoms with van der Waals surface area (Å²) in [5.74, 6) is 0.415. The molecule has 0 atom stereocenters. The lowest BCUT2D eigenvalue weighted by Crippen LogP contribution is -2.14. The summed E-state index contributed by atoms with van der Waals surface area (Å²) in [5.41, 5.74) is 2.76. The molecular weight excluding hydrogens is 296 g/mol. The standard InChI is InChI=1S/C20H20N4/c21-13-19-20(16-8-2-1-3-9-16)24(23-22-19)14-17-11-6-10-15-7-4-5-12-18(15)17/h4-7,10-12,16H,1-3,8-9,14H2. The van der Waals surface area contributed by atoms with Gasteiger partial charge in [-0.05, 0) is 29.2 Å². The highest BCUT2D eigenvalue weighted by Gasteiger charge is 2.24. The molecule has 0 N–H and O–H groups in total. The lowest BCUT2D eigenvalue weighted by Gasteiger charge is -2.22. The van der Waals surface area contributed by atoms with Crippen molar-refractivity contribution in [3.05, 3.63) is 59.4 Å². The van der Waals surface area contributed by atoms with E-state index in [4.69, 9.17) is 0 Å². The molecule has 0 aliphatic heterocycles. The maximum absolute atomic E-state index is 9.43. The van der Waals surface area contributed by atoms with Crippen LogP contribution in [0.4, 0.5) is 0 Å². The van der Waals surface area contributed by atoms with Crippen LogP contribution < -0.4 is 0 Å². The van der Waals surface area contributed by atoms with Gasteiger partial charge in [0.2, 0.25) is 0 Å². The van der Waals surface area contributed by atoms with Crippen LogP contribution in [0.5, 0.6) is 0 Å². The number of nitrogens with zero attached hydrogens (tertiary/aromatic N) is 4. The van der Waals surface area contributed by atoms with Crippen LogP contribution >= 0.6 is 0 Å². The Morgan fingerprint density at radius 3 is 2.67 bits per heavy atom. The first-order chi connectivity index (χ1) is 11.9. The fraction of sp³-hybridized carbons (Fsp3) is 0.350. The van der Waals surface area contributed by atoms with Crippen molar-refractivity contribution in [2.45, 2.75) is 44.6 Å². The van der Waals surface area contributed by atoms with Crippen LogP contribution in [0.25, 0.3) is 10.8 Å². The Balaban J connectivity index is 1.74. The topological polar surface area (TPSA) is 54.5 Å². The Labute approximate surface area is 141 Å². The second kappa shape index (κ2) is 6.45. The Morgan fingerprint density at radius 2 is 1.83 bits per heavy atom. The summed E-state index contributed by atoms with van der Waals surface area (Å²) in [6.07, 6.45) is 6.03. The molecule has 4 heteroatoms. The van der Waals surface area contributed by atoms with Crippen molar-refractivity contribution in [3.8, 4) is 6.07 Å². The van der Waals surface area contributed by atoms with Gasteiger partial charge in [0, 0.05) is 5.92 Å². The maximum Gasteiger partial charge on any atom is 0.186 e. The first kappa shape index (κ1) is 14.9. The van der Waals surface area contributed by atoms with Crippen molar-refractivity contribution >= 4 is 10.8 Å². The molecule has 1 aromatic heterocycles. The fourth-order valence-electron chi connectivity index (χ4n) is 3.89. The molecule has 0 amide bonds. The molecular formula is C20H20N4. The van der Waals surface area contributed by atoms with Gasteiger partial charge in [-0.25, -0.2) is 4.68 Å². The van der Waals surface area contributed by atoms with Crippen LogP contribution in [0.2, 0.25) is 0 Å². The van der Waals surface area contributed by atoms with Gasteiger partial charge in [-0.15, -0.1) is 5.10 Å². The molecule has 1 heterocycles. The Morgan fingerprint density at radius 1 is 1.04 bits per heavy atom. The molecule has 0 radical (unpaired) electrons. The minimum Gasteiger partial charge on any atom is -0.243 e. The van der Waals surface area contributed by atoms with Gasteiger partial charge in [-0.2, -0.15) is 5.26 Å². The minimum absolute atomic E-state index is 0.415. The highest BCUT2D eigenvalue weighted by atomic mass is 15.4. The van der Waals surface area contributed by atoms with E-state index >= 15 is 0 Å². The van der Waals surface area contributed by atoms with E-state index in [0.29, 0.717) is 18.2 Å². The zero-order chi connectivity index (χ0) is 16.4. The number of rotatable bonds is 3. The minimum atomic E-state index is 0.415. The molecule has 0 unspecified atom stereocenters. The molecule has 4 nitrogen and oxygen atoms in total. The normalized spacial score (nSPS) is 15.5. The summed E-state index contributed by atoms with van der Waals surface area (Å²) >= 11 is 0. The van der Waals surface area contributed by atoms with Crippen molar-refractivity contribution in [2.75, 3.05) is 0 Å². The fourth-order valence-corrected chi connectivity index (χ4v) is 3.89. The first-order valence-corrected chi connectivity index (χ1v) is 8.67. The molecule has 4 rings (SSSR count). The van der Waals surface area contributed by atoms with Crippen LogP contribution in [-0.4, -0.2) is 15.0 Å². The summed E-state index contributed by atoms with van der Waals surface area (Å²) in [6, 6.07) is 17.0. The number of nitriles is 1. The van der Waals surface area contributed by atoms with E-state index in [1.165, 1.54) is 35.6 Å². The summed E-state index contributed by atoms with van der Waals surface area (Å²) < 4.78 is 1.95. The molecule has 1 fully saturated rings. The van der Waals surface area contributed by atoms with Gasteiger partial charge in [0.15, 0.2) is 5.69 Å². The van der Waals surface area contributed by atoms with E-state index in [0.717, 1.165) is 18.5 Å². The second-order valence-electron chi connectivity index (χ2n) is 6.57. The average Bonchev–Trinajstić information content (AvgIpc) is 3.05. The quantitative estimate of drug-likeness (QED) is 0.719. The van der Waals surface area contributed by atoms with E-state index in [1.54, 1.807) is 0 Å². The predicted molar refractivity (Wildman–Crippen MR) is 93.6 cm³/mol. The monoisotopic (exact) mass is 316 g/mol. The molecule has 2 aromatic carbocycles. The number of hydrogen-bond acceptors (Lipinski definition) is 3. The van der Waals surface area contributed by atoms with Crippen LogP contribution in [0, 0.1) is 11.3 Å². The Hall–Kier alpha value is -2.67. The van der Waals surface area contributed by atoms with Gasteiger partial charge in [0.05, 0.1) is 12.2 Å². The molecule has 1 aliphatic carbocycles. The zero-order valence-electron chi connectivity index (χ0n) is 13.7. The summed E-state index contributed by atoms with van der Waals surface area (Å²) in [4.78, 5) is 0. The summed E-state index contributed by atoms with van der Waals surface area (Å²) in [6.45, 7) is 0.669. The number of hydrogen-bond donors (Lipinski definition) is 0. The first-order valence-electron chi connectivity index (χ1n) is 8.67. The lowest BCUT2D eigenvalue weighted by molar-refractivity contribution is 0.419. The molecule has 24 heavy (non-hydrogen) atoms. The van der Waals surface area contributed by atoms with Crippen molar-refractivity contribution in [2.24, 2.45) is 0 Å². The predicted octanol–water partition coefficient (Wildman–Crippen LogP) is 4.40. The van der Waals surface area contributed by atoms with Crippen molar-refractivity contribution < 1.29 is 0 Å². The average molecular weight is 316 g/mol. The zero-order valence-corrected chi connectivity index (χ0v) is 13.7. The Bertz CT molecular complexity index is 892. The van der Waals surface area contributed by atoms with Crippen LogP contribution in [0.3, 0.4) is 0 Å². The largest absolute Gasteiger partial charge is 0.243 e. The number of aromatic nitrogens is 3. The van der Waals surface area contributed by atoms with Crippen LogP contribution in [-0.2, 0) is 6.54 Å². The summed E-state index contributed by atoms with van der Waals surface area (Å²) in [5, 5.41) is 20.4. The van der Waals surface area contributed by atoms with Crippen LogP contribution in [0.15, 0.2) is 42.5 Å². The van der Waals surface area contributed by atoms with Crippen molar-refractivity contribution in [3.63, 3.8) is 0 Å². The van der Waals surface area contributed by atoms with Crippen LogP contribution in [0.1, 0.15) is 55.0 Å². The van der Waals surface area contributed by atoms with Gasteiger partial charge in [0.25, 0.3) is 0 Å². The number of fused-ring (bicyclic) bond motifs is 1. The third kappa shape index (κ3) is 2.67. The Kier molecular flexibility index (Phi) is 4.00. The SMILES string of the molecule is N#Cc1nnn(Cc2cccc3ccccc23)c1C1CCCCC1. The van der Waals surface area contributed by atoms with Gasteiger partial charge in [-0.3, -0.25) is 0 Å². The van der Waals surface area contributed by atoms with Gasteiger partial charge in [0.1, 0.15) is 6.07 Å². The summed E-state index contributed by atoms with van der Waals surface area (Å²) in [7, 11) is 0. The van der Waals surface area contributed by atoms with E-state index in [2.05, 4.69) is 58.8 Å². The molecule has 120 valence electrons. The van der Waals surface area contributed by atoms with E-state index in [9.17, 15) is 5.26 Å². The van der Waals surface area contributed by atoms with Gasteiger partial charge >= 0.3 is 0 Å². The molecule has 0 spiro atoms. The third-order valence-corrected chi connectivity index (χ3v) is 5.07. The van der Waals surface area contributed by atoms with E-state index in [1.807, 2.05) is 4.68 Å². The molecule has 0 bridgehead atoms. The molecule has 1 saturated carbocycles. The van der Waals surface area contributed by atoms with E-state index < -0.39 is 0 Å². The lowest BCUT2D eigenvalue weighted by atomic mass is 9.86. The van der Waals surface area contributed by atoms with Crippen molar-refractivity contribution in [1.82, 2.24) is 15.0 Å².